The topological polar surface area (TPSA) is 59.5 Å². The first-order chi connectivity index (χ1) is 6.27. The van der Waals surface area contributed by atoms with E-state index in [-0.39, 0.29) is 12.0 Å². The number of aryl methyl sites for hydroxylation is 1. The maximum absolute atomic E-state index is 11.4. The fourth-order valence-corrected chi connectivity index (χ4v) is 1.08. The van der Waals surface area contributed by atoms with Gasteiger partial charge < -0.3 is 10.1 Å². The minimum Gasteiger partial charge on any atom is -0.371 e. The van der Waals surface area contributed by atoms with Gasteiger partial charge in [-0.3, -0.25) is 9.48 Å². The standard InChI is InChI=1S/C8H11N3O2/c1-11-7(2-3-10-11)8(12)9-4-6-5-13-6/h2-3,6H,4-5H2,1H3,(H,9,12)/t6-/m1/s1. The highest BCUT2D eigenvalue weighted by Gasteiger charge is 2.23. The Labute approximate surface area is 75.7 Å². The van der Waals surface area contributed by atoms with Crippen molar-refractivity contribution in [2.24, 2.45) is 7.05 Å². The molecule has 0 unspecified atom stereocenters. The summed E-state index contributed by atoms with van der Waals surface area (Å²) >= 11 is 0. The lowest BCUT2D eigenvalue weighted by Gasteiger charge is -2.02. The maximum atomic E-state index is 11.4. The highest BCUT2D eigenvalue weighted by atomic mass is 16.6. The van der Waals surface area contributed by atoms with E-state index in [9.17, 15) is 4.79 Å². The predicted molar refractivity (Wildman–Crippen MR) is 45.3 cm³/mol. The van der Waals surface area contributed by atoms with E-state index in [1.807, 2.05) is 0 Å². The molecular formula is C8H11N3O2. The molecule has 5 nitrogen and oxygen atoms in total. The van der Waals surface area contributed by atoms with Crippen molar-refractivity contribution < 1.29 is 9.53 Å². The van der Waals surface area contributed by atoms with E-state index in [0.717, 1.165) is 6.61 Å². The van der Waals surface area contributed by atoms with Crippen molar-refractivity contribution >= 4 is 5.91 Å². The number of aromatic nitrogens is 2. The number of rotatable bonds is 3. The van der Waals surface area contributed by atoms with Crippen LogP contribution in [0.4, 0.5) is 0 Å². The molecule has 0 spiro atoms. The van der Waals surface area contributed by atoms with Gasteiger partial charge in [-0.25, -0.2) is 0 Å². The number of amides is 1. The molecule has 1 amide bonds. The molecule has 1 fully saturated rings. The molecule has 13 heavy (non-hydrogen) atoms. The zero-order valence-electron chi connectivity index (χ0n) is 7.36. The lowest BCUT2D eigenvalue weighted by molar-refractivity contribution is 0.0941. The molecule has 2 heterocycles. The van der Waals surface area contributed by atoms with Crippen LogP contribution < -0.4 is 5.32 Å². The highest BCUT2D eigenvalue weighted by Crippen LogP contribution is 2.06. The Hall–Kier alpha value is -1.36. The van der Waals surface area contributed by atoms with Crippen molar-refractivity contribution in [1.29, 1.82) is 0 Å². The molecule has 1 aromatic heterocycles. The molecule has 0 aliphatic carbocycles. The van der Waals surface area contributed by atoms with Crippen molar-refractivity contribution in [2.75, 3.05) is 13.2 Å². The Bertz CT molecular complexity index is 317. The van der Waals surface area contributed by atoms with Crippen molar-refractivity contribution in [3.63, 3.8) is 0 Å². The number of ether oxygens (including phenoxy) is 1. The summed E-state index contributed by atoms with van der Waals surface area (Å²) in [6.45, 7) is 1.34. The van der Waals surface area contributed by atoms with E-state index in [4.69, 9.17) is 4.74 Å². The van der Waals surface area contributed by atoms with Gasteiger partial charge in [0.05, 0.1) is 12.7 Å². The Morgan fingerprint density at radius 1 is 1.92 bits per heavy atom. The molecule has 1 atom stereocenters. The van der Waals surface area contributed by atoms with Crippen LogP contribution in [-0.4, -0.2) is 34.9 Å². The molecule has 0 radical (unpaired) electrons. The third kappa shape index (κ3) is 1.86. The summed E-state index contributed by atoms with van der Waals surface area (Å²) in [4.78, 5) is 11.4. The van der Waals surface area contributed by atoms with Gasteiger partial charge in [-0.2, -0.15) is 5.10 Å². The number of nitrogens with zero attached hydrogens (tertiary/aromatic N) is 2. The fourth-order valence-electron chi connectivity index (χ4n) is 1.08. The maximum Gasteiger partial charge on any atom is 0.269 e. The van der Waals surface area contributed by atoms with Crippen LogP contribution in [0.1, 0.15) is 10.5 Å². The molecule has 1 aliphatic heterocycles. The van der Waals surface area contributed by atoms with E-state index in [1.54, 1.807) is 24.0 Å². The van der Waals surface area contributed by atoms with E-state index >= 15 is 0 Å². The van der Waals surface area contributed by atoms with Gasteiger partial charge in [-0.15, -0.1) is 0 Å². The summed E-state index contributed by atoms with van der Waals surface area (Å²) < 4.78 is 6.51. The highest BCUT2D eigenvalue weighted by molar-refractivity contribution is 5.92. The number of hydrogen-bond acceptors (Lipinski definition) is 3. The summed E-state index contributed by atoms with van der Waals surface area (Å²) in [5.41, 5.74) is 0.570. The molecule has 0 bridgehead atoms. The fraction of sp³-hybridized carbons (Fsp3) is 0.500. The Morgan fingerprint density at radius 3 is 3.23 bits per heavy atom. The first kappa shape index (κ1) is 8.25. The van der Waals surface area contributed by atoms with E-state index in [1.165, 1.54) is 0 Å². The third-order valence-electron chi connectivity index (χ3n) is 1.95. The second-order valence-corrected chi connectivity index (χ2v) is 3.01. The number of hydrogen-bond donors (Lipinski definition) is 1. The average Bonchev–Trinajstić information content (AvgIpc) is 2.84. The quantitative estimate of drug-likeness (QED) is 0.642. The number of nitrogens with one attached hydrogen (secondary N) is 1. The number of carbonyl (C=O) groups excluding carboxylic acids is 1. The van der Waals surface area contributed by atoms with Gasteiger partial charge >= 0.3 is 0 Å². The molecular weight excluding hydrogens is 170 g/mol. The predicted octanol–water partition coefficient (Wildman–Crippen LogP) is -0.451. The summed E-state index contributed by atoms with van der Waals surface area (Å²) in [6, 6.07) is 1.68. The minimum absolute atomic E-state index is 0.101. The lowest BCUT2D eigenvalue weighted by Crippen LogP contribution is -2.29. The van der Waals surface area contributed by atoms with Gasteiger partial charge in [0.1, 0.15) is 5.69 Å². The smallest absolute Gasteiger partial charge is 0.269 e. The zero-order valence-corrected chi connectivity index (χ0v) is 7.36. The van der Waals surface area contributed by atoms with Crippen LogP contribution in [0.5, 0.6) is 0 Å². The van der Waals surface area contributed by atoms with Crippen molar-refractivity contribution in [3.05, 3.63) is 18.0 Å². The van der Waals surface area contributed by atoms with Crippen molar-refractivity contribution in [3.8, 4) is 0 Å². The first-order valence-electron chi connectivity index (χ1n) is 4.15. The van der Waals surface area contributed by atoms with Crippen LogP contribution in [0.3, 0.4) is 0 Å². The van der Waals surface area contributed by atoms with Crippen LogP contribution in [0.2, 0.25) is 0 Å². The molecule has 1 aromatic rings. The van der Waals surface area contributed by atoms with Crippen LogP contribution in [0.25, 0.3) is 0 Å². The molecule has 1 N–H and O–H groups in total. The van der Waals surface area contributed by atoms with Crippen molar-refractivity contribution in [2.45, 2.75) is 6.10 Å². The normalized spacial score (nSPS) is 19.9. The first-order valence-corrected chi connectivity index (χ1v) is 4.15. The van der Waals surface area contributed by atoms with Crippen LogP contribution >= 0.6 is 0 Å². The van der Waals surface area contributed by atoms with Gasteiger partial charge in [0.25, 0.3) is 5.91 Å². The molecule has 1 saturated heterocycles. The zero-order chi connectivity index (χ0) is 9.26. The van der Waals surface area contributed by atoms with Gasteiger partial charge in [-0.1, -0.05) is 0 Å². The third-order valence-corrected chi connectivity index (χ3v) is 1.95. The van der Waals surface area contributed by atoms with Crippen LogP contribution in [0.15, 0.2) is 12.3 Å². The average molecular weight is 181 g/mol. The Morgan fingerprint density at radius 2 is 2.69 bits per heavy atom. The van der Waals surface area contributed by atoms with Gasteiger partial charge in [0.2, 0.25) is 0 Å². The molecule has 1 aliphatic rings. The van der Waals surface area contributed by atoms with Gasteiger partial charge in [-0.05, 0) is 6.07 Å². The summed E-state index contributed by atoms with van der Waals surface area (Å²) in [7, 11) is 1.74. The molecule has 5 heteroatoms. The monoisotopic (exact) mass is 181 g/mol. The summed E-state index contributed by atoms with van der Waals surface area (Å²) in [6.07, 6.45) is 1.82. The second kappa shape index (κ2) is 3.18. The van der Waals surface area contributed by atoms with Crippen LogP contribution in [-0.2, 0) is 11.8 Å². The van der Waals surface area contributed by atoms with Crippen molar-refractivity contribution in [1.82, 2.24) is 15.1 Å². The van der Waals surface area contributed by atoms with Crippen LogP contribution in [0, 0.1) is 0 Å². The Balaban J connectivity index is 1.92. The molecule has 0 saturated carbocycles. The minimum atomic E-state index is -0.101. The summed E-state index contributed by atoms with van der Waals surface area (Å²) in [5, 5.41) is 6.67. The van der Waals surface area contributed by atoms with E-state index < -0.39 is 0 Å². The number of epoxide rings is 1. The Kier molecular flexibility index (Phi) is 2.02. The number of carbonyl (C=O) groups is 1. The molecule has 70 valence electrons. The van der Waals surface area contributed by atoms with E-state index in [0.29, 0.717) is 12.2 Å². The lowest BCUT2D eigenvalue weighted by atomic mass is 10.4. The SMILES string of the molecule is Cn1nccc1C(=O)NC[C@@H]1CO1. The second-order valence-electron chi connectivity index (χ2n) is 3.01. The van der Waals surface area contributed by atoms with Gasteiger partial charge in [0.15, 0.2) is 0 Å². The summed E-state index contributed by atoms with van der Waals surface area (Å²) in [5.74, 6) is -0.101. The molecule has 0 aromatic carbocycles. The molecule has 2 rings (SSSR count). The van der Waals surface area contributed by atoms with E-state index in [2.05, 4.69) is 10.4 Å². The largest absolute Gasteiger partial charge is 0.371 e. The van der Waals surface area contributed by atoms with Gasteiger partial charge in [0, 0.05) is 19.8 Å².